The SMILES string of the molecule is COC(C)c1c(Br)c(C)nc(C)c1NC(=O)Nc1cnc(-n2nccn2)c(Cl)c1. The smallest absolute Gasteiger partial charge is 0.323 e. The Bertz CT molecular complexity index is 1040. The van der Waals surface area contributed by atoms with Crippen molar-refractivity contribution in [3.63, 3.8) is 0 Å². The van der Waals surface area contributed by atoms with Crippen molar-refractivity contribution in [1.29, 1.82) is 0 Å². The topological polar surface area (TPSA) is 107 Å². The molecule has 0 aliphatic rings. The summed E-state index contributed by atoms with van der Waals surface area (Å²) in [7, 11) is 1.61. The molecule has 3 rings (SSSR count). The minimum Gasteiger partial charge on any atom is -0.377 e. The summed E-state index contributed by atoms with van der Waals surface area (Å²) in [6.45, 7) is 5.61. The van der Waals surface area contributed by atoms with Gasteiger partial charge >= 0.3 is 6.03 Å². The number of hydrogen-bond donors (Lipinski definition) is 2. The number of amides is 2. The van der Waals surface area contributed by atoms with Gasteiger partial charge in [-0.05, 0) is 42.8 Å². The molecule has 0 aliphatic carbocycles. The van der Waals surface area contributed by atoms with Crippen LogP contribution in [0.5, 0.6) is 0 Å². The van der Waals surface area contributed by atoms with Gasteiger partial charge in [-0.2, -0.15) is 10.2 Å². The summed E-state index contributed by atoms with van der Waals surface area (Å²) >= 11 is 9.79. The lowest BCUT2D eigenvalue weighted by molar-refractivity contribution is 0.119. The first kappa shape index (κ1) is 21.2. The van der Waals surface area contributed by atoms with Crippen LogP contribution in [0.4, 0.5) is 16.2 Å². The van der Waals surface area contributed by atoms with Crippen LogP contribution in [0.15, 0.2) is 29.1 Å². The second-order valence-corrected chi connectivity index (χ2v) is 7.39. The predicted octanol–water partition coefficient (Wildman–Crippen LogP) is 4.44. The van der Waals surface area contributed by atoms with Crippen molar-refractivity contribution in [2.45, 2.75) is 26.9 Å². The molecule has 0 aromatic carbocycles. The van der Waals surface area contributed by atoms with E-state index >= 15 is 0 Å². The molecular weight excluding hydrogens is 462 g/mol. The molecule has 29 heavy (non-hydrogen) atoms. The van der Waals surface area contributed by atoms with Gasteiger partial charge in [-0.25, -0.2) is 9.78 Å². The highest BCUT2D eigenvalue weighted by atomic mass is 79.9. The lowest BCUT2D eigenvalue weighted by Crippen LogP contribution is -2.22. The van der Waals surface area contributed by atoms with Gasteiger partial charge in [0.05, 0.1) is 52.5 Å². The maximum absolute atomic E-state index is 12.6. The zero-order valence-corrected chi connectivity index (χ0v) is 18.5. The van der Waals surface area contributed by atoms with Gasteiger partial charge in [0.2, 0.25) is 0 Å². The van der Waals surface area contributed by atoms with Crippen LogP contribution in [0.3, 0.4) is 0 Å². The van der Waals surface area contributed by atoms with Gasteiger partial charge < -0.3 is 15.4 Å². The number of carbonyl (C=O) groups excluding carboxylic acids is 1. The molecule has 0 fully saturated rings. The number of rotatable bonds is 5. The Kier molecular flexibility index (Phi) is 6.46. The molecule has 3 aromatic heterocycles. The van der Waals surface area contributed by atoms with Crippen molar-refractivity contribution in [1.82, 2.24) is 25.0 Å². The molecule has 0 radical (unpaired) electrons. The van der Waals surface area contributed by atoms with Crippen LogP contribution in [-0.2, 0) is 4.74 Å². The number of anilines is 2. The number of methoxy groups -OCH3 is 1. The number of aromatic nitrogens is 5. The van der Waals surface area contributed by atoms with E-state index in [1.165, 1.54) is 23.4 Å². The molecule has 0 saturated carbocycles. The zero-order valence-electron chi connectivity index (χ0n) is 16.2. The quantitative estimate of drug-likeness (QED) is 0.559. The number of halogens is 2. The van der Waals surface area contributed by atoms with E-state index in [1.54, 1.807) is 13.2 Å². The molecule has 1 atom stereocenters. The van der Waals surface area contributed by atoms with E-state index in [1.807, 2.05) is 20.8 Å². The highest BCUT2D eigenvalue weighted by Gasteiger charge is 2.21. The van der Waals surface area contributed by atoms with E-state index in [2.05, 4.69) is 46.7 Å². The van der Waals surface area contributed by atoms with Gasteiger partial charge in [-0.15, -0.1) is 4.80 Å². The summed E-state index contributed by atoms with van der Waals surface area (Å²) in [6, 6.07) is 1.11. The van der Waals surface area contributed by atoms with Crippen molar-refractivity contribution in [3.05, 3.63) is 51.1 Å². The number of ether oxygens (including phenoxy) is 1. The van der Waals surface area contributed by atoms with Gasteiger partial charge in [-0.3, -0.25) is 4.98 Å². The van der Waals surface area contributed by atoms with Crippen molar-refractivity contribution in [2.75, 3.05) is 17.7 Å². The van der Waals surface area contributed by atoms with E-state index in [0.717, 1.165) is 15.7 Å². The van der Waals surface area contributed by atoms with Crippen molar-refractivity contribution in [3.8, 4) is 5.82 Å². The predicted molar refractivity (Wildman–Crippen MR) is 114 cm³/mol. The van der Waals surface area contributed by atoms with Crippen LogP contribution in [0, 0.1) is 13.8 Å². The van der Waals surface area contributed by atoms with Gasteiger partial charge in [0, 0.05) is 17.1 Å². The summed E-state index contributed by atoms with van der Waals surface area (Å²) in [5, 5.41) is 13.8. The lowest BCUT2D eigenvalue weighted by Gasteiger charge is -2.21. The fourth-order valence-electron chi connectivity index (χ4n) is 2.76. The molecule has 0 bridgehead atoms. The molecule has 0 saturated heterocycles. The van der Waals surface area contributed by atoms with Crippen LogP contribution < -0.4 is 10.6 Å². The Balaban J connectivity index is 1.83. The average Bonchev–Trinajstić information content (AvgIpc) is 3.20. The molecule has 152 valence electrons. The van der Waals surface area contributed by atoms with Gasteiger partial charge in [-0.1, -0.05) is 11.6 Å². The second kappa shape index (κ2) is 8.85. The molecule has 9 nitrogen and oxygen atoms in total. The van der Waals surface area contributed by atoms with Gasteiger partial charge in [0.25, 0.3) is 0 Å². The van der Waals surface area contributed by atoms with Crippen LogP contribution in [-0.4, -0.2) is 38.1 Å². The summed E-state index contributed by atoms with van der Waals surface area (Å²) < 4.78 is 6.25. The molecule has 0 spiro atoms. The molecular formula is C18H19BrClN7O2. The molecule has 2 N–H and O–H groups in total. The maximum Gasteiger partial charge on any atom is 0.323 e. The Morgan fingerprint density at radius 1 is 1.24 bits per heavy atom. The largest absolute Gasteiger partial charge is 0.377 e. The van der Waals surface area contributed by atoms with Gasteiger partial charge in [0.1, 0.15) is 0 Å². The third-order valence-corrected chi connectivity index (χ3v) is 5.49. The number of carbonyl (C=O) groups is 1. The van der Waals surface area contributed by atoms with Crippen LogP contribution >= 0.6 is 27.5 Å². The van der Waals surface area contributed by atoms with E-state index in [4.69, 9.17) is 16.3 Å². The maximum atomic E-state index is 12.6. The third-order valence-electron chi connectivity index (χ3n) is 4.21. The summed E-state index contributed by atoms with van der Waals surface area (Å²) in [5.74, 6) is 0.362. The summed E-state index contributed by atoms with van der Waals surface area (Å²) in [5.41, 5.74) is 3.29. The van der Waals surface area contributed by atoms with Crippen molar-refractivity contribution < 1.29 is 9.53 Å². The average molecular weight is 481 g/mol. The monoisotopic (exact) mass is 479 g/mol. The van der Waals surface area contributed by atoms with Crippen LogP contribution in [0.1, 0.15) is 30.0 Å². The van der Waals surface area contributed by atoms with Crippen LogP contribution in [0.2, 0.25) is 5.02 Å². The number of urea groups is 1. The first-order chi connectivity index (χ1) is 13.8. The number of nitrogens with one attached hydrogen (secondary N) is 2. The Labute approximate surface area is 181 Å². The third kappa shape index (κ3) is 4.55. The zero-order chi connectivity index (χ0) is 21.1. The fraction of sp³-hybridized carbons (Fsp3) is 0.278. The van der Waals surface area contributed by atoms with Crippen molar-refractivity contribution in [2.24, 2.45) is 0 Å². The lowest BCUT2D eigenvalue weighted by atomic mass is 10.1. The summed E-state index contributed by atoms with van der Waals surface area (Å²) in [4.78, 5) is 22.6. The van der Waals surface area contributed by atoms with E-state index in [0.29, 0.717) is 27.9 Å². The normalized spacial score (nSPS) is 11.9. The Morgan fingerprint density at radius 3 is 2.55 bits per heavy atom. The molecule has 2 amide bonds. The Hall–Kier alpha value is -2.56. The molecule has 3 heterocycles. The van der Waals surface area contributed by atoms with Crippen LogP contribution in [0.25, 0.3) is 5.82 Å². The fourth-order valence-corrected chi connectivity index (χ4v) is 3.61. The number of hydrogen-bond acceptors (Lipinski definition) is 6. The molecule has 0 aliphatic heterocycles. The Morgan fingerprint density at radius 2 is 1.93 bits per heavy atom. The van der Waals surface area contributed by atoms with Crippen molar-refractivity contribution >= 4 is 44.9 Å². The minimum absolute atomic E-state index is 0.253. The molecule has 1 unspecified atom stereocenters. The van der Waals surface area contributed by atoms with E-state index in [9.17, 15) is 4.79 Å². The first-order valence-corrected chi connectivity index (χ1v) is 9.78. The van der Waals surface area contributed by atoms with Gasteiger partial charge in [0.15, 0.2) is 5.82 Å². The first-order valence-electron chi connectivity index (χ1n) is 8.61. The second-order valence-electron chi connectivity index (χ2n) is 6.19. The number of pyridine rings is 2. The van der Waals surface area contributed by atoms with E-state index in [-0.39, 0.29) is 6.10 Å². The summed E-state index contributed by atoms with van der Waals surface area (Å²) in [6.07, 6.45) is 4.26. The highest BCUT2D eigenvalue weighted by Crippen LogP contribution is 2.35. The van der Waals surface area contributed by atoms with E-state index < -0.39 is 6.03 Å². The highest BCUT2D eigenvalue weighted by molar-refractivity contribution is 9.10. The number of aryl methyl sites for hydroxylation is 2. The molecule has 3 aromatic rings. The standard InChI is InChI=1S/C18H19BrClN7O2/c1-9-15(19)14(11(3)29-4)16(10(2)24-9)26-18(28)25-12-7-13(20)17(21-8-12)27-22-5-6-23-27/h5-8,11H,1-4H3,(H2,25,26,28). The molecule has 11 heteroatoms. The number of nitrogens with zero attached hydrogens (tertiary/aromatic N) is 5. The minimum atomic E-state index is -0.460.